The summed E-state index contributed by atoms with van der Waals surface area (Å²) in [6.07, 6.45) is 0. The number of rotatable bonds is 1. The SMILES string of the molecule is [N-]=C=Nc1c([O-])c(=O)c1=O. The predicted molar refractivity (Wildman–Crippen MR) is 31.3 cm³/mol. The van der Waals surface area contributed by atoms with E-state index in [9.17, 15) is 14.7 Å². The summed E-state index contributed by atoms with van der Waals surface area (Å²) >= 11 is 0. The fourth-order valence-electron chi connectivity index (χ4n) is 0.510. The van der Waals surface area contributed by atoms with Crippen molar-refractivity contribution < 1.29 is 5.11 Å². The molecule has 0 spiro atoms. The molecule has 0 aliphatic heterocycles. The second kappa shape index (κ2) is 1.89. The standard InChI is InChI=1S/C5HN2O3/c6-1-7-2-3(8)5(10)4(2)9/h8H/q-1/p-1. The number of nitrogens with zero attached hydrogens (tertiary/aromatic N) is 2. The van der Waals surface area contributed by atoms with Crippen molar-refractivity contribution in [2.45, 2.75) is 0 Å². The van der Waals surface area contributed by atoms with Crippen LogP contribution in [0.3, 0.4) is 0 Å². The van der Waals surface area contributed by atoms with E-state index in [1.165, 1.54) is 6.01 Å². The molecule has 0 fully saturated rings. The first kappa shape index (κ1) is 6.38. The van der Waals surface area contributed by atoms with Crippen LogP contribution in [0.25, 0.3) is 5.41 Å². The van der Waals surface area contributed by atoms with Crippen molar-refractivity contribution in [2.24, 2.45) is 4.99 Å². The van der Waals surface area contributed by atoms with Crippen LogP contribution in [-0.2, 0) is 0 Å². The van der Waals surface area contributed by atoms with Crippen molar-refractivity contribution in [2.75, 3.05) is 0 Å². The van der Waals surface area contributed by atoms with E-state index in [2.05, 4.69) is 4.99 Å². The van der Waals surface area contributed by atoms with Crippen LogP contribution < -0.4 is 16.0 Å². The molecule has 1 aromatic carbocycles. The molecule has 1 rings (SSSR count). The zero-order valence-corrected chi connectivity index (χ0v) is 4.62. The Bertz CT molecular complexity index is 379. The average molecular weight is 136 g/mol. The fraction of sp³-hybridized carbons (Fsp3) is 0. The second-order valence-electron chi connectivity index (χ2n) is 1.55. The van der Waals surface area contributed by atoms with Crippen molar-refractivity contribution in [1.29, 1.82) is 0 Å². The maximum atomic E-state index is 10.3. The van der Waals surface area contributed by atoms with Gasteiger partial charge in [0.1, 0.15) is 0 Å². The summed E-state index contributed by atoms with van der Waals surface area (Å²) < 4.78 is 0. The minimum absolute atomic E-state index is 0.549. The number of hydrogen-bond acceptors (Lipinski definition) is 4. The molecule has 0 unspecified atom stereocenters. The van der Waals surface area contributed by atoms with E-state index in [4.69, 9.17) is 5.41 Å². The van der Waals surface area contributed by atoms with E-state index in [0.29, 0.717) is 0 Å². The van der Waals surface area contributed by atoms with Gasteiger partial charge in [-0.1, -0.05) is 0 Å². The highest BCUT2D eigenvalue weighted by molar-refractivity contribution is 5.62. The predicted octanol–water partition coefficient (Wildman–Crippen LogP) is -1.27. The lowest BCUT2D eigenvalue weighted by Crippen LogP contribution is -2.33. The Hall–Kier alpha value is -1.74. The maximum absolute atomic E-state index is 10.3. The Balaban J connectivity index is 3.36. The second-order valence-corrected chi connectivity index (χ2v) is 1.55. The minimum atomic E-state index is -1.09. The van der Waals surface area contributed by atoms with Gasteiger partial charge in [-0.25, -0.2) is 0 Å². The lowest BCUT2D eigenvalue weighted by atomic mass is 10.2. The van der Waals surface area contributed by atoms with Crippen LogP contribution in [0.15, 0.2) is 14.6 Å². The lowest BCUT2D eigenvalue weighted by Gasteiger charge is -2.12. The number of aliphatic imine (C=N–C) groups is 1. The molecule has 0 amide bonds. The van der Waals surface area contributed by atoms with E-state index in [-0.39, 0.29) is 0 Å². The molecular weight excluding hydrogens is 136 g/mol. The maximum Gasteiger partial charge on any atom is 0.228 e. The van der Waals surface area contributed by atoms with Gasteiger partial charge in [0.25, 0.3) is 0 Å². The molecule has 5 nitrogen and oxygen atoms in total. The highest BCUT2D eigenvalue weighted by Gasteiger charge is 2.05. The van der Waals surface area contributed by atoms with Crippen LogP contribution in [0.2, 0.25) is 0 Å². The van der Waals surface area contributed by atoms with E-state index in [1.54, 1.807) is 0 Å². The first-order valence-corrected chi connectivity index (χ1v) is 2.28. The van der Waals surface area contributed by atoms with Gasteiger partial charge < -0.3 is 15.5 Å². The van der Waals surface area contributed by atoms with Gasteiger partial charge in [-0.05, 0) is 5.75 Å². The topological polar surface area (TPSA) is 91.9 Å². The van der Waals surface area contributed by atoms with Crippen LogP contribution in [0.4, 0.5) is 5.69 Å². The molecule has 1 aromatic rings. The molecule has 50 valence electrons. The molecule has 0 N–H and O–H groups in total. The Morgan fingerprint density at radius 2 is 2.00 bits per heavy atom. The molecule has 0 radical (unpaired) electrons. The number of hydrogen-bond donors (Lipinski definition) is 0. The Morgan fingerprint density at radius 1 is 1.40 bits per heavy atom. The molecule has 0 bridgehead atoms. The van der Waals surface area contributed by atoms with Gasteiger partial charge in [0, 0.05) is 5.69 Å². The summed E-state index contributed by atoms with van der Waals surface area (Å²) in [6.45, 7) is 0. The third-order valence-electron chi connectivity index (χ3n) is 1.00. The summed E-state index contributed by atoms with van der Waals surface area (Å²) in [5, 5.41) is 18.2. The Labute approximate surface area is 54.5 Å². The minimum Gasteiger partial charge on any atom is -0.869 e. The van der Waals surface area contributed by atoms with Crippen molar-refractivity contribution in [3.05, 3.63) is 25.9 Å². The highest BCUT2D eigenvalue weighted by atomic mass is 16.3. The van der Waals surface area contributed by atoms with Crippen LogP contribution in [0, 0.1) is 0 Å². The molecule has 0 aromatic heterocycles. The highest BCUT2D eigenvalue weighted by Crippen LogP contribution is 2.13. The molecular formula is C5N2O3-2. The average Bonchev–Trinajstić information content (AvgIpc) is 1.98. The van der Waals surface area contributed by atoms with Crippen LogP contribution in [0.1, 0.15) is 0 Å². The van der Waals surface area contributed by atoms with Gasteiger partial charge in [-0.3, -0.25) is 9.59 Å². The third-order valence-corrected chi connectivity index (χ3v) is 1.00. The molecule has 0 aliphatic carbocycles. The van der Waals surface area contributed by atoms with Gasteiger partial charge in [-0.2, -0.15) is 6.01 Å². The van der Waals surface area contributed by atoms with Crippen molar-refractivity contribution in [1.82, 2.24) is 0 Å². The van der Waals surface area contributed by atoms with Crippen LogP contribution >= 0.6 is 0 Å². The molecule has 0 atom stereocenters. The summed E-state index contributed by atoms with van der Waals surface area (Å²) in [7, 11) is 0. The summed E-state index contributed by atoms with van der Waals surface area (Å²) in [5.41, 5.74) is -2.60. The monoisotopic (exact) mass is 136 g/mol. The summed E-state index contributed by atoms with van der Waals surface area (Å²) in [5.74, 6) is -0.966. The molecule has 0 aliphatic rings. The summed E-state index contributed by atoms with van der Waals surface area (Å²) in [4.78, 5) is 23.3. The zero-order chi connectivity index (χ0) is 7.72. The van der Waals surface area contributed by atoms with Crippen LogP contribution in [0.5, 0.6) is 5.75 Å². The summed E-state index contributed by atoms with van der Waals surface area (Å²) in [6, 6.07) is 1.25. The molecule has 0 heterocycles. The normalized spacial score (nSPS) is 9.20. The quantitative estimate of drug-likeness (QED) is 0.356. The molecule has 0 saturated heterocycles. The van der Waals surface area contributed by atoms with E-state index in [1.807, 2.05) is 0 Å². The first-order chi connectivity index (χ1) is 4.68. The van der Waals surface area contributed by atoms with Crippen molar-refractivity contribution >= 4 is 11.7 Å². The van der Waals surface area contributed by atoms with E-state index < -0.39 is 22.3 Å². The largest absolute Gasteiger partial charge is 0.869 e. The fourth-order valence-corrected chi connectivity index (χ4v) is 0.510. The lowest BCUT2D eigenvalue weighted by molar-refractivity contribution is -0.270. The van der Waals surface area contributed by atoms with Gasteiger partial charge in [0.05, 0.1) is 0 Å². The van der Waals surface area contributed by atoms with Crippen LogP contribution in [-0.4, -0.2) is 6.01 Å². The Morgan fingerprint density at radius 3 is 2.40 bits per heavy atom. The third kappa shape index (κ3) is 0.581. The van der Waals surface area contributed by atoms with Gasteiger partial charge in [0.15, 0.2) is 0 Å². The molecule has 0 saturated carbocycles. The smallest absolute Gasteiger partial charge is 0.228 e. The van der Waals surface area contributed by atoms with Crippen molar-refractivity contribution in [3.63, 3.8) is 0 Å². The van der Waals surface area contributed by atoms with E-state index >= 15 is 0 Å². The zero-order valence-electron chi connectivity index (χ0n) is 4.62. The Kier molecular flexibility index (Phi) is 1.21. The van der Waals surface area contributed by atoms with Gasteiger partial charge >= 0.3 is 0 Å². The first-order valence-electron chi connectivity index (χ1n) is 2.28. The van der Waals surface area contributed by atoms with Crippen molar-refractivity contribution in [3.8, 4) is 5.75 Å². The molecule has 10 heavy (non-hydrogen) atoms. The van der Waals surface area contributed by atoms with Gasteiger partial charge in [0.2, 0.25) is 10.9 Å². The van der Waals surface area contributed by atoms with E-state index in [0.717, 1.165) is 0 Å². The molecule has 5 heteroatoms. The van der Waals surface area contributed by atoms with Gasteiger partial charge in [-0.15, -0.1) is 0 Å².